The summed E-state index contributed by atoms with van der Waals surface area (Å²) in [5.74, 6) is -0.168. The minimum absolute atomic E-state index is 0.168. The van der Waals surface area contributed by atoms with Gasteiger partial charge in [-0.1, -0.05) is 48.5 Å². The van der Waals surface area contributed by atoms with Crippen LogP contribution in [-0.4, -0.2) is 12.1 Å². The second kappa shape index (κ2) is 7.24. The van der Waals surface area contributed by atoms with E-state index in [0.29, 0.717) is 5.56 Å². The van der Waals surface area contributed by atoms with Crippen molar-refractivity contribution in [2.45, 2.75) is 19.8 Å². The van der Waals surface area contributed by atoms with Crippen LogP contribution in [0.5, 0.6) is 0 Å². The van der Waals surface area contributed by atoms with Crippen molar-refractivity contribution in [1.82, 2.24) is 5.43 Å². The van der Waals surface area contributed by atoms with E-state index in [1.165, 1.54) is 5.56 Å². The average molecular weight is 266 g/mol. The van der Waals surface area contributed by atoms with Crippen LogP contribution in [0.1, 0.15) is 27.9 Å². The molecule has 20 heavy (non-hydrogen) atoms. The monoisotopic (exact) mass is 266 g/mol. The third-order valence-corrected chi connectivity index (χ3v) is 3.05. The lowest BCUT2D eigenvalue weighted by Crippen LogP contribution is -2.18. The lowest BCUT2D eigenvalue weighted by Gasteiger charge is -2.03. The minimum atomic E-state index is -0.168. The highest BCUT2D eigenvalue weighted by Crippen LogP contribution is 2.06. The maximum Gasteiger partial charge on any atom is 0.271 e. The smallest absolute Gasteiger partial charge is 0.267 e. The first-order valence-corrected chi connectivity index (χ1v) is 6.69. The average Bonchev–Trinajstić information content (AvgIpc) is 2.48. The Balaban J connectivity index is 1.79. The number of amides is 1. The molecular weight excluding hydrogens is 248 g/mol. The summed E-state index contributed by atoms with van der Waals surface area (Å²) in [7, 11) is 0. The summed E-state index contributed by atoms with van der Waals surface area (Å²) in [6.07, 6.45) is 3.46. The first kappa shape index (κ1) is 14.0. The molecule has 102 valence electrons. The van der Waals surface area contributed by atoms with E-state index in [9.17, 15) is 4.79 Å². The molecular formula is C17H18N2O. The van der Waals surface area contributed by atoms with Gasteiger partial charge in [0.2, 0.25) is 0 Å². The fourth-order valence-corrected chi connectivity index (χ4v) is 1.93. The van der Waals surface area contributed by atoms with Crippen LogP contribution >= 0.6 is 0 Å². The van der Waals surface area contributed by atoms with Gasteiger partial charge < -0.3 is 0 Å². The van der Waals surface area contributed by atoms with Gasteiger partial charge in [0.05, 0.1) is 0 Å². The summed E-state index contributed by atoms with van der Waals surface area (Å²) < 4.78 is 0. The second-order valence-corrected chi connectivity index (χ2v) is 4.59. The van der Waals surface area contributed by atoms with Gasteiger partial charge in [-0.2, -0.15) is 5.10 Å². The molecule has 0 aromatic heterocycles. The second-order valence-electron chi connectivity index (χ2n) is 4.59. The number of rotatable bonds is 5. The standard InChI is InChI=1S/C17H18N2O/c1-14-8-5-6-12-16(14)17(20)19-18-13-7-11-15-9-3-2-4-10-15/h2-6,8-10,12-13H,7,11H2,1H3,(H,19,20)/b18-13+. The fraction of sp³-hybridized carbons (Fsp3) is 0.176. The SMILES string of the molecule is Cc1ccccc1C(=O)N/N=C/CCc1ccccc1. The maximum absolute atomic E-state index is 11.9. The lowest BCUT2D eigenvalue weighted by molar-refractivity contribution is 0.0954. The summed E-state index contributed by atoms with van der Waals surface area (Å²) in [6.45, 7) is 1.91. The molecule has 2 rings (SSSR count). The summed E-state index contributed by atoms with van der Waals surface area (Å²) in [4.78, 5) is 11.9. The van der Waals surface area contributed by atoms with Gasteiger partial charge in [-0.15, -0.1) is 0 Å². The number of carbonyl (C=O) groups is 1. The van der Waals surface area contributed by atoms with E-state index in [4.69, 9.17) is 0 Å². The van der Waals surface area contributed by atoms with Gasteiger partial charge in [0.1, 0.15) is 0 Å². The van der Waals surface area contributed by atoms with Gasteiger partial charge in [-0.3, -0.25) is 4.79 Å². The zero-order chi connectivity index (χ0) is 14.2. The molecule has 0 unspecified atom stereocenters. The van der Waals surface area contributed by atoms with Crippen molar-refractivity contribution in [2.75, 3.05) is 0 Å². The lowest BCUT2D eigenvalue weighted by atomic mass is 10.1. The molecule has 1 N–H and O–H groups in total. The molecule has 0 radical (unpaired) electrons. The van der Waals surface area contributed by atoms with Crippen LogP contribution in [0.15, 0.2) is 59.7 Å². The summed E-state index contributed by atoms with van der Waals surface area (Å²) >= 11 is 0. The van der Waals surface area contributed by atoms with Crippen molar-refractivity contribution in [3.8, 4) is 0 Å². The number of nitrogens with one attached hydrogen (secondary N) is 1. The highest BCUT2D eigenvalue weighted by Gasteiger charge is 2.05. The van der Waals surface area contributed by atoms with Crippen molar-refractivity contribution in [3.63, 3.8) is 0 Å². The van der Waals surface area contributed by atoms with E-state index in [2.05, 4.69) is 22.7 Å². The molecule has 0 fully saturated rings. The van der Waals surface area contributed by atoms with E-state index in [-0.39, 0.29) is 5.91 Å². The Hall–Kier alpha value is -2.42. The van der Waals surface area contributed by atoms with Crippen molar-refractivity contribution in [2.24, 2.45) is 5.10 Å². The Labute approximate surface area is 119 Å². The Morgan fingerprint density at radius 3 is 2.55 bits per heavy atom. The number of hydrogen-bond donors (Lipinski definition) is 1. The third-order valence-electron chi connectivity index (χ3n) is 3.05. The predicted octanol–water partition coefficient (Wildman–Crippen LogP) is 3.34. The van der Waals surface area contributed by atoms with Gasteiger partial charge in [-0.25, -0.2) is 5.43 Å². The Bertz CT molecular complexity index is 591. The first-order valence-electron chi connectivity index (χ1n) is 6.69. The predicted molar refractivity (Wildman–Crippen MR) is 81.9 cm³/mol. The van der Waals surface area contributed by atoms with Gasteiger partial charge in [0.25, 0.3) is 5.91 Å². The Kier molecular flexibility index (Phi) is 5.07. The normalized spacial score (nSPS) is 10.7. The van der Waals surface area contributed by atoms with Crippen LogP contribution in [0, 0.1) is 6.92 Å². The molecule has 0 aliphatic heterocycles. The highest BCUT2D eigenvalue weighted by atomic mass is 16.2. The van der Waals surface area contributed by atoms with Crippen LogP contribution in [0.3, 0.4) is 0 Å². The molecule has 0 bridgehead atoms. The van der Waals surface area contributed by atoms with E-state index < -0.39 is 0 Å². The molecule has 3 heteroatoms. The van der Waals surface area contributed by atoms with Crippen molar-refractivity contribution in [1.29, 1.82) is 0 Å². The molecule has 0 heterocycles. The molecule has 1 amide bonds. The molecule has 2 aromatic rings. The van der Waals surface area contributed by atoms with Crippen LogP contribution in [-0.2, 0) is 6.42 Å². The van der Waals surface area contributed by atoms with Gasteiger partial charge in [0.15, 0.2) is 0 Å². The number of benzene rings is 2. The van der Waals surface area contributed by atoms with Gasteiger partial charge in [0, 0.05) is 11.8 Å². The molecule has 0 atom stereocenters. The van der Waals surface area contributed by atoms with Crippen LogP contribution in [0.4, 0.5) is 0 Å². The first-order chi connectivity index (χ1) is 9.77. The number of carbonyl (C=O) groups excluding carboxylic acids is 1. The zero-order valence-electron chi connectivity index (χ0n) is 11.5. The van der Waals surface area contributed by atoms with E-state index in [0.717, 1.165) is 18.4 Å². The molecule has 0 saturated heterocycles. The fourth-order valence-electron chi connectivity index (χ4n) is 1.93. The molecule has 0 spiro atoms. The Morgan fingerprint density at radius 1 is 1.10 bits per heavy atom. The van der Waals surface area contributed by atoms with E-state index in [1.807, 2.05) is 43.3 Å². The zero-order valence-corrected chi connectivity index (χ0v) is 11.5. The third kappa shape index (κ3) is 4.05. The maximum atomic E-state index is 11.9. The van der Waals surface area contributed by atoms with Gasteiger partial charge in [-0.05, 0) is 37.0 Å². The van der Waals surface area contributed by atoms with Crippen LogP contribution in [0.25, 0.3) is 0 Å². The molecule has 0 aliphatic carbocycles. The van der Waals surface area contributed by atoms with Crippen LogP contribution in [0.2, 0.25) is 0 Å². The number of aryl methyl sites for hydroxylation is 2. The molecule has 0 saturated carbocycles. The minimum Gasteiger partial charge on any atom is -0.267 e. The van der Waals surface area contributed by atoms with Gasteiger partial charge >= 0.3 is 0 Å². The molecule has 2 aromatic carbocycles. The Morgan fingerprint density at radius 2 is 1.80 bits per heavy atom. The molecule has 3 nitrogen and oxygen atoms in total. The number of hydrazone groups is 1. The molecule has 0 aliphatic rings. The largest absolute Gasteiger partial charge is 0.271 e. The van der Waals surface area contributed by atoms with Crippen molar-refractivity contribution >= 4 is 12.1 Å². The van der Waals surface area contributed by atoms with Crippen molar-refractivity contribution < 1.29 is 4.79 Å². The van der Waals surface area contributed by atoms with E-state index in [1.54, 1.807) is 12.3 Å². The van der Waals surface area contributed by atoms with E-state index >= 15 is 0 Å². The topological polar surface area (TPSA) is 41.5 Å². The highest BCUT2D eigenvalue weighted by molar-refractivity contribution is 5.95. The van der Waals surface area contributed by atoms with Crippen molar-refractivity contribution in [3.05, 3.63) is 71.3 Å². The summed E-state index contributed by atoms with van der Waals surface area (Å²) in [5.41, 5.74) is 5.43. The van der Waals surface area contributed by atoms with Crippen LogP contribution < -0.4 is 5.43 Å². The quantitative estimate of drug-likeness (QED) is 0.654. The number of hydrogen-bond acceptors (Lipinski definition) is 2. The summed E-state index contributed by atoms with van der Waals surface area (Å²) in [5, 5.41) is 3.98. The summed E-state index contributed by atoms with van der Waals surface area (Å²) in [6, 6.07) is 17.7. The number of nitrogens with zero attached hydrogens (tertiary/aromatic N) is 1.